The summed E-state index contributed by atoms with van der Waals surface area (Å²) in [4.78, 5) is 12.2. The Labute approximate surface area is 111 Å². The normalized spacial score (nSPS) is 26.1. The maximum atomic E-state index is 12.2. The molecule has 0 aliphatic carbocycles. The van der Waals surface area contributed by atoms with Gasteiger partial charge in [0.2, 0.25) is 5.91 Å². The lowest BCUT2D eigenvalue weighted by atomic mass is 9.90. The highest BCUT2D eigenvalue weighted by Gasteiger charge is 2.27. The highest BCUT2D eigenvalue weighted by atomic mass is 16.5. The second-order valence-corrected chi connectivity index (χ2v) is 5.62. The topological polar surface area (TPSA) is 50.4 Å². The summed E-state index contributed by atoms with van der Waals surface area (Å²) in [6.45, 7) is 7.94. The zero-order valence-electron chi connectivity index (χ0n) is 12.2. The number of nitrogens with one attached hydrogen (secondary N) is 2. The van der Waals surface area contributed by atoms with Gasteiger partial charge in [-0.2, -0.15) is 0 Å². The molecule has 1 amide bonds. The molecule has 4 nitrogen and oxygen atoms in total. The Morgan fingerprint density at radius 2 is 2.22 bits per heavy atom. The summed E-state index contributed by atoms with van der Waals surface area (Å²) in [6.07, 6.45) is 3.31. The van der Waals surface area contributed by atoms with Crippen LogP contribution in [0.5, 0.6) is 0 Å². The Kier molecular flexibility index (Phi) is 6.65. The van der Waals surface area contributed by atoms with E-state index in [4.69, 9.17) is 4.74 Å². The molecule has 0 radical (unpaired) electrons. The quantitative estimate of drug-likeness (QED) is 0.758. The minimum atomic E-state index is -0.0261. The average Bonchev–Trinajstić information content (AvgIpc) is 2.38. The lowest BCUT2D eigenvalue weighted by molar-refractivity contribution is -0.125. The van der Waals surface area contributed by atoms with Gasteiger partial charge in [0.15, 0.2) is 0 Å². The minimum absolute atomic E-state index is 0.0261. The molecule has 0 aromatic heterocycles. The summed E-state index contributed by atoms with van der Waals surface area (Å²) in [5, 5.41) is 6.42. The Morgan fingerprint density at radius 3 is 2.78 bits per heavy atom. The van der Waals surface area contributed by atoms with Crippen LogP contribution in [0.2, 0.25) is 0 Å². The Morgan fingerprint density at radius 1 is 1.50 bits per heavy atom. The van der Waals surface area contributed by atoms with Gasteiger partial charge in [0, 0.05) is 7.11 Å². The number of amides is 1. The molecule has 1 saturated heterocycles. The second-order valence-electron chi connectivity index (χ2n) is 5.62. The smallest absolute Gasteiger partial charge is 0.237 e. The third-order valence-corrected chi connectivity index (χ3v) is 3.88. The number of ether oxygens (including phenoxy) is 1. The fourth-order valence-electron chi connectivity index (χ4n) is 2.43. The number of methoxy groups -OCH3 is 1. The van der Waals surface area contributed by atoms with E-state index in [1.165, 1.54) is 6.42 Å². The number of carbonyl (C=O) groups excluding carboxylic acids is 1. The van der Waals surface area contributed by atoms with Crippen molar-refractivity contribution in [1.82, 2.24) is 10.6 Å². The van der Waals surface area contributed by atoms with Gasteiger partial charge < -0.3 is 15.4 Å². The van der Waals surface area contributed by atoms with Gasteiger partial charge in [-0.05, 0) is 31.2 Å². The van der Waals surface area contributed by atoms with E-state index in [2.05, 4.69) is 31.4 Å². The molecule has 3 atom stereocenters. The average molecular weight is 256 g/mol. The molecular weight excluding hydrogens is 228 g/mol. The SMILES string of the molecule is CCC1CCNC(C(=O)NC(COC)C(C)C)C1. The van der Waals surface area contributed by atoms with Crippen molar-refractivity contribution in [3.63, 3.8) is 0 Å². The van der Waals surface area contributed by atoms with Crippen LogP contribution in [-0.2, 0) is 9.53 Å². The molecule has 0 aromatic carbocycles. The summed E-state index contributed by atoms with van der Waals surface area (Å²) in [7, 11) is 1.67. The molecule has 1 fully saturated rings. The molecule has 0 saturated carbocycles. The molecule has 106 valence electrons. The molecule has 0 aromatic rings. The van der Waals surface area contributed by atoms with Gasteiger partial charge in [-0.25, -0.2) is 0 Å². The lowest BCUT2D eigenvalue weighted by Gasteiger charge is -2.31. The van der Waals surface area contributed by atoms with E-state index >= 15 is 0 Å². The maximum absolute atomic E-state index is 12.2. The third kappa shape index (κ3) is 4.58. The van der Waals surface area contributed by atoms with Gasteiger partial charge in [0.1, 0.15) is 0 Å². The maximum Gasteiger partial charge on any atom is 0.237 e. The number of carbonyl (C=O) groups is 1. The third-order valence-electron chi connectivity index (χ3n) is 3.88. The Bertz CT molecular complexity index is 256. The van der Waals surface area contributed by atoms with Crippen molar-refractivity contribution < 1.29 is 9.53 Å². The Balaban J connectivity index is 2.47. The van der Waals surface area contributed by atoms with Crippen molar-refractivity contribution in [3.8, 4) is 0 Å². The van der Waals surface area contributed by atoms with Crippen molar-refractivity contribution in [2.75, 3.05) is 20.3 Å². The molecule has 1 aliphatic heterocycles. The lowest BCUT2D eigenvalue weighted by Crippen LogP contribution is -2.53. The largest absolute Gasteiger partial charge is 0.383 e. The van der Waals surface area contributed by atoms with Gasteiger partial charge >= 0.3 is 0 Å². The summed E-state index contributed by atoms with van der Waals surface area (Å²) >= 11 is 0. The van der Waals surface area contributed by atoms with Crippen molar-refractivity contribution in [3.05, 3.63) is 0 Å². The minimum Gasteiger partial charge on any atom is -0.383 e. The van der Waals surface area contributed by atoms with Gasteiger partial charge in [-0.15, -0.1) is 0 Å². The Hall–Kier alpha value is -0.610. The molecule has 1 aliphatic rings. The molecule has 1 rings (SSSR count). The van der Waals surface area contributed by atoms with E-state index in [1.54, 1.807) is 7.11 Å². The van der Waals surface area contributed by atoms with Crippen LogP contribution in [-0.4, -0.2) is 38.3 Å². The first-order chi connectivity index (χ1) is 8.58. The van der Waals surface area contributed by atoms with E-state index in [1.807, 2.05) is 0 Å². The predicted octanol–water partition coefficient (Wildman–Crippen LogP) is 1.55. The fourth-order valence-corrected chi connectivity index (χ4v) is 2.43. The van der Waals surface area contributed by atoms with Crippen LogP contribution < -0.4 is 10.6 Å². The van der Waals surface area contributed by atoms with Crippen LogP contribution in [0.3, 0.4) is 0 Å². The van der Waals surface area contributed by atoms with Crippen molar-refractivity contribution in [2.45, 2.75) is 52.1 Å². The molecule has 18 heavy (non-hydrogen) atoms. The van der Waals surface area contributed by atoms with Crippen LogP contribution >= 0.6 is 0 Å². The number of hydrogen-bond donors (Lipinski definition) is 2. The van der Waals surface area contributed by atoms with E-state index in [-0.39, 0.29) is 18.0 Å². The number of piperidine rings is 1. The van der Waals surface area contributed by atoms with Gasteiger partial charge in [-0.3, -0.25) is 4.79 Å². The summed E-state index contributed by atoms with van der Waals surface area (Å²) in [5.74, 6) is 1.20. The number of hydrogen-bond acceptors (Lipinski definition) is 3. The first-order valence-corrected chi connectivity index (χ1v) is 7.11. The zero-order chi connectivity index (χ0) is 13.5. The molecule has 2 N–H and O–H groups in total. The molecule has 0 spiro atoms. The summed E-state index contributed by atoms with van der Waals surface area (Å²) < 4.78 is 5.16. The fraction of sp³-hybridized carbons (Fsp3) is 0.929. The van der Waals surface area contributed by atoms with Crippen LogP contribution in [0.25, 0.3) is 0 Å². The van der Waals surface area contributed by atoms with Crippen LogP contribution in [0, 0.1) is 11.8 Å². The van der Waals surface area contributed by atoms with E-state index in [9.17, 15) is 4.79 Å². The van der Waals surface area contributed by atoms with Crippen LogP contribution in [0.1, 0.15) is 40.0 Å². The first kappa shape index (κ1) is 15.4. The van der Waals surface area contributed by atoms with E-state index in [0.29, 0.717) is 18.4 Å². The highest BCUT2D eigenvalue weighted by Crippen LogP contribution is 2.19. The van der Waals surface area contributed by atoms with Crippen LogP contribution in [0.15, 0.2) is 0 Å². The second kappa shape index (κ2) is 7.74. The number of rotatable bonds is 6. The van der Waals surface area contributed by atoms with Gasteiger partial charge in [0.25, 0.3) is 0 Å². The molecule has 0 bridgehead atoms. The standard InChI is InChI=1S/C14H28N2O2/c1-5-11-6-7-15-12(8-11)14(17)16-13(9-18-4)10(2)3/h10-13,15H,5-9H2,1-4H3,(H,16,17). The zero-order valence-corrected chi connectivity index (χ0v) is 12.2. The van der Waals surface area contributed by atoms with Gasteiger partial charge in [-0.1, -0.05) is 27.2 Å². The van der Waals surface area contributed by atoms with Crippen LogP contribution in [0.4, 0.5) is 0 Å². The monoisotopic (exact) mass is 256 g/mol. The molecule has 3 unspecified atom stereocenters. The summed E-state index contributed by atoms with van der Waals surface area (Å²) in [6, 6.07) is 0.0770. The first-order valence-electron chi connectivity index (χ1n) is 7.11. The van der Waals surface area contributed by atoms with Gasteiger partial charge in [0.05, 0.1) is 18.7 Å². The predicted molar refractivity (Wildman–Crippen MR) is 73.5 cm³/mol. The van der Waals surface area contributed by atoms with Crippen molar-refractivity contribution in [1.29, 1.82) is 0 Å². The van der Waals surface area contributed by atoms with Crippen molar-refractivity contribution >= 4 is 5.91 Å². The van der Waals surface area contributed by atoms with E-state index < -0.39 is 0 Å². The molecule has 1 heterocycles. The highest BCUT2D eigenvalue weighted by molar-refractivity contribution is 5.82. The molecular formula is C14H28N2O2. The summed E-state index contributed by atoms with van der Waals surface area (Å²) in [5.41, 5.74) is 0. The van der Waals surface area contributed by atoms with Crippen molar-refractivity contribution in [2.24, 2.45) is 11.8 Å². The van der Waals surface area contributed by atoms with E-state index in [0.717, 1.165) is 19.4 Å². The molecule has 4 heteroatoms.